The van der Waals surface area contributed by atoms with Gasteiger partial charge in [-0.15, -0.1) is 0 Å². The van der Waals surface area contributed by atoms with Crippen molar-refractivity contribution >= 4 is 40.9 Å². The van der Waals surface area contributed by atoms with E-state index >= 15 is 0 Å². The molecule has 27 heavy (non-hydrogen) atoms. The largest absolute Gasteiger partial charge is 0.369 e. The zero-order valence-electron chi connectivity index (χ0n) is 15.9. The molecule has 3 rings (SSSR count). The van der Waals surface area contributed by atoms with Crippen LogP contribution in [0, 0.1) is 12.7 Å². The molecule has 0 saturated carbocycles. The van der Waals surface area contributed by atoms with Gasteiger partial charge in [-0.05, 0) is 75.2 Å². The summed E-state index contributed by atoms with van der Waals surface area (Å²) in [6.07, 6.45) is 3.61. The fourth-order valence-corrected chi connectivity index (χ4v) is 4.00. The van der Waals surface area contributed by atoms with Crippen LogP contribution in [0.5, 0.6) is 0 Å². The number of likely N-dealkylation sites (N-methyl/N-ethyl adjacent to an activating group) is 2. The van der Waals surface area contributed by atoms with Gasteiger partial charge >= 0.3 is 0 Å². The molecule has 5 nitrogen and oxygen atoms in total. The molecule has 2 aliphatic heterocycles. The molecule has 1 aromatic rings. The first-order chi connectivity index (χ1) is 12.9. The van der Waals surface area contributed by atoms with E-state index in [2.05, 4.69) is 0 Å². The van der Waals surface area contributed by atoms with Crippen LogP contribution in [0.4, 0.5) is 10.1 Å². The minimum atomic E-state index is -0.430. The van der Waals surface area contributed by atoms with Crippen LogP contribution in [0.3, 0.4) is 0 Å². The minimum absolute atomic E-state index is 0.0173. The van der Waals surface area contributed by atoms with E-state index in [0.29, 0.717) is 24.3 Å². The lowest BCUT2D eigenvalue weighted by Gasteiger charge is -2.35. The first-order valence-electron chi connectivity index (χ1n) is 9.33. The van der Waals surface area contributed by atoms with E-state index in [0.717, 1.165) is 31.5 Å². The molecule has 2 heterocycles. The normalized spacial score (nSPS) is 18.0. The Morgan fingerprint density at radius 3 is 2.15 bits per heavy atom. The fraction of sp³-hybridized carbons (Fsp3) is 0.450. The Morgan fingerprint density at radius 2 is 1.63 bits per heavy atom. The highest BCUT2D eigenvalue weighted by atomic mass is 32.1. The van der Waals surface area contributed by atoms with E-state index in [9.17, 15) is 14.0 Å². The summed E-state index contributed by atoms with van der Waals surface area (Å²) in [5.74, 6) is -1.19. The fourth-order valence-electron chi connectivity index (χ4n) is 3.58. The van der Waals surface area contributed by atoms with Gasteiger partial charge in [0, 0.05) is 26.2 Å². The van der Waals surface area contributed by atoms with Gasteiger partial charge in [-0.1, -0.05) is 0 Å². The molecule has 0 unspecified atom stereocenters. The van der Waals surface area contributed by atoms with Gasteiger partial charge in [0.05, 0.1) is 5.69 Å². The number of carbonyl (C=O) groups is 2. The summed E-state index contributed by atoms with van der Waals surface area (Å²) in [5, 5.41) is 0.222. The minimum Gasteiger partial charge on any atom is -0.369 e. The molecule has 2 fully saturated rings. The van der Waals surface area contributed by atoms with Gasteiger partial charge in [0.25, 0.3) is 11.8 Å². The lowest BCUT2D eigenvalue weighted by atomic mass is 10.0. The van der Waals surface area contributed by atoms with Gasteiger partial charge in [-0.25, -0.2) is 4.39 Å². The van der Waals surface area contributed by atoms with E-state index in [1.54, 1.807) is 19.9 Å². The topological polar surface area (TPSA) is 43.9 Å². The Morgan fingerprint density at radius 1 is 1.07 bits per heavy atom. The van der Waals surface area contributed by atoms with Crippen molar-refractivity contribution in [2.24, 2.45) is 0 Å². The van der Waals surface area contributed by atoms with Gasteiger partial charge < -0.3 is 4.90 Å². The van der Waals surface area contributed by atoms with Crippen LogP contribution in [-0.4, -0.2) is 52.9 Å². The summed E-state index contributed by atoms with van der Waals surface area (Å²) in [5.41, 5.74) is 1.96. The SMILES string of the molecule is CCN1C(=O)C(=Cc2cc(F)c(N3CCCC3)cc2C)C(=O)N(CC)C1=S. The van der Waals surface area contributed by atoms with Crippen LogP contribution >= 0.6 is 12.2 Å². The number of hydrogen-bond donors (Lipinski definition) is 0. The highest BCUT2D eigenvalue weighted by molar-refractivity contribution is 7.80. The van der Waals surface area contributed by atoms with Crippen LogP contribution in [0.25, 0.3) is 6.08 Å². The maximum Gasteiger partial charge on any atom is 0.265 e. The molecule has 0 N–H and O–H groups in total. The third-order valence-corrected chi connectivity index (χ3v) is 5.57. The summed E-state index contributed by atoms with van der Waals surface area (Å²) >= 11 is 5.26. The number of aryl methyl sites for hydroxylation is 1. The lowest BCUT2D eigenvalue weighted by molar-refractivity contribution is -0.133. The maximum absolute atomic E-state index is 14.7. The number of nitrogens with zero attached hydrogens (tertiary/aromatic N) is 3. The quantitative estimate of drug-likeness (QED) is 0.451. The second kappa shape index (κ2) is 7.76. The highest BCUT2D eigenvalue weighted by Gasteiger charge is 2.37. The third kappa shape index (κ3) is 3.48. The maximum atomic E-state index is 14.7. The average molecular weight is 389 g/mol. The molecule has 2 amide bonds. The predicted octanol–water partition coefficient (Wildman–Crippen LogP) is 3.11. The number of anilines is 1. The molecule has 1 aromatic carbocycles. The summed E-state index contributed by atoms with van der Waals surface area (Å²) in [4.78, 5) is 30.3. The average Bonchev–Trinajstić information content (AvgIpc) is 3.16. The van der Waals surface area contributed by atoms with Gasteiger partial charge in [-0.3, -0.25) is 19.4 Å². The molecule has 7 heteroatoms. The highest BCUT2D eigenvalue weighted by Crippen LogP contribution is 2.29. The second-order valence-electron chi connectivity index (χ2n) is 6.79. The van der Waals surface area contributed by atoms with E-state index in [4.69, 9.17) is 12.2 Å². The van der Waals surface area contributed by atoms with Gasteiger partial charge in [0.1, 0.15) is 11.4 Å². The molecular weight excluding hydrogens is 365 g/mol. The number of amides is 2. The smallest absolute Gasteiger partial charge is 0.265 e. The Labute approximate surface area is 164 Å². The molecule has 2 aliphatic rings. The standard InChI is InChI=1S/C20H24FN3O2S/c1-4-23-18(25)15(19(26)24(5-2)20(23)27)11-14-12-16(21)17(10-13(14)3)22-8-6-7-9-22/h10-12H,4-9H2,1-3H3. The van der Waals surface area contributed by atoms with Crippen LogP contribution in [-0.2, 0) is 9.59 Å². The molecule has 0 spiro atoms. The number of rotatable bonds is 4. The summed E-state index contributed by atoms with van der Waals surface area (Å²) in [6, 6.07) is 3.21. The number of halogens is 1. The van der Waals surface area contributed by atoms with E-state index < -0.39 is 11.8 Å². The summed E-state index contributed by atoms with van der Waals surface area (Å²) in [6.45, 7) is 7.93. The van der Waals surface area contributed by atoms with E-state index in [1.165, 1.54) is 21.9 Å². The Kier molecular flexibility index (Phi) is 5.60. The first kappa shape index (κ1) is 19.5. The van der Waals surface area contributed by atoms with Crippen molar-refractivity contribution in [3.8, 4) is 0 Å². The van der Waals surface area contributed by atoms with E-state index in [1.807, 2.05) is 11.8 Å². The number of benzene rings is 1. The van der Waals surface area contributed by atoms with Crippen LogP contribution < -0.4 is 4.90 Å². The van der Waals surface area contributed by atoms with Crippen molar-refractivity contribution in [2.45, 2.75) is 33.6 Å². The Bertz CT molecular complexity index is 803. The molecule has 0 aromatic heterocycles. The van der Waals surface area contributed by atoms with Crippen molar-refractivity contribution in [1.29, 1.82) is 0 Å². The summed E-state index contributed by atoms with van der Waals surface area (Å²) < 4.78 is 14.7. The van der Waals surface area contributed by atoms with E-state index in [-0.39, 0.29) is 16.5 Å². The Balaban J connectivity index is 2.01. The van der Waals surface area contributed by atoms with Crippen molar-refractivity contribution in [3.05, 3.63) is 34.6 Å². The molecule has 144 valence electrons. The van der Waals surface area contributed by atoms with Crippen molar-refractivity contribution in [2.75, 3.05) is 31.1 Å². The van der Waals surface area contributed by atoms with Crippen LogP contribution in [0.2, 0.25) is 0 Å². The first-order valence-corrected chi connectivity index (χ1v) is 9.74. The zero-order valence-corrected chi connectivity index (χ0v) is 16.7. The van der Waals surface area contributed by atoms with Crippen LogP contribution in [0.15, 0.2) is 17.7 Å². The molecular formula is C20H24FN3O2S. The van der Waals surface area contributed by atoms with Crippen molar-refractivity contribution in [1.82, 2.24) is 9.80 Å². The second-order valence-corrected chi connectivity index (χ2v) is 7.16. The number of hydrogen-bond acceptors (Lipinski definition) is 4. The number of thiocarbonyl (C=S) groups is 1. The summed E-state index contributed by atoms with van der Waals surface area (Å²) in [7, 11) is 0. The molecule has 0 atom stereocenters. The Hall–Kier alpha value is -2.28. The zero-order chi connectivity index (χ0) is 19.7. The third-order valence-electron chi connectivity index (χ3n) is 5.13. The van der Waals surface area contributed by atoms with Crippen molar-refractivity contribution < 1.29 is 14.0 Å². The lowest BCUT2D eigenvalue weighted by Crippen LogP contribution is -2.55. The van der Waals surface area contributed by atoms with Gasteiger partial charge in [0.2, 0.25) is 0 Å². The van der Waals surface area contributed by atoms with Gasteiger partial charge in [0.15, 0.2) is 5.11 Å². The monoisotopic (exact) mass is 389 g/mol. The molecule has 0 radical (unpaired) electrons. The van der Waals surface area contributed by atoms with Crippen molar-refractivity contribution in [3.63, 3.8) is 0 Å². The van der Waals surface area contributed by atoms with Gasteiger partial charge in [-0.2, -0.15) is 0 Å². The molecule has 2 saturated heterocycles. The van der Waals surface area contributed by atoms with Crippen LogP contribution in [0.1, 0.15) is 37.8 Å². The predicted molar refractivity (Wildman–Crippen MR) is 108 cm³/mol. The molecule has 0 aliphatic carbocycles. The molecule has 0 bridgehead atoms. The number of carbonyl (C=O) groups excluding carboxylic acids is 2.